The molecule has 0 atom stereocenters. The summed E-state index contributed by atoms with van der Waals surface area (Å²) in [6, 6.07) is 15.4. The molecule has 0 amide bonds. The SMILES string of the molecule is COc1ccc(-c2nnc(SCc3csc(-c4ccc(OC)cc4)n3)o2)cc1. The van der Waals surface area contributed by atoms with Crippen LogP contribution in [0.2, 0.25) is 0 Å². The molecule has 0 spiro atoms. The highest BCUT2D eigenvalue weighted by Crippen LogP contribution is 2.30. The molecule has 2 aromatic carbocycles. The zero-order valence-electron chi connectivity index (χ0n) is 15.3. The van der Waals surface area contributed by atoms with Gasteiger partial charge in [-0.1, -0.05) is 11.8 Å². The summed E-state index contributed by atoms with van der Waals surface area (Å²) in [6.45, 7) is 0. The van der Waals surface area contributed by atoms with Gasteiger partial charge < -0.3 is 13.9 Å². The first kappa shape index (κ1) is 18.5. The minimum absolute atomic E-state index is 0.488. The third kappa shape index (κ3) is 4.18. The van der Waals surface area contributed by atoms with Crippen molar-refractivity contribution in [1.29, 1.82) is 0 Å². The molecular weight excluding hydrogens is 394 g/mol. The van der Waals surface area contributed by atoms with Gasteiger partial charge in [-0.3, -0.25) is 0 Å². The maximum Gasteiger partial charge on any atom is 0.277 e. The number of rotatable bonds is 7. The van der Waals surface area contributed by atoms with E-state index in [1.807, 2.05) is 53.9 Å². The van der Waals surface area contributed by atoms with Crippen molar-refractivity contribution in [2.24, 2.45) is 0 Å². The van der Waals surface area contributed by atoms with Crippen LogP contribution in [-0.4, -0.2) is 29.4 Å². The van der Waals surface area contributed by atoms with Crippen LogP contribution in [0, 0.1) is 0 Å². The molecule has 0 bridgehead atoms. The Balaban J connectivity index is 1.39. The average Bonchev–Trinajstić information content (AvgIpc) is 3.42. The van der Waals surface area contributed by atoms with Crippen molar-refractivity contribution >= 4 is 23.1 Å². The third-order valence-corrected chi connectivity index (χ3v) is 5.77. The first-order chi connectivity index (χ1) is 13.7. The molecule has 0 aliphatic rings. The molecule has 0 fully saturated rings. The second kappa shape index (κ2) is 8.45. The minimum Gasteiger partial charge on any atom is -0.497 e. The molecule has 2 heterocycles. The molecule has 8 heteroatoms. The fraction of sp³-hybridized carbons (Fsp3) is 0.150. The molecule has 6 nitrogen and oxygen atoms in total. The van der Waals surface area contributed by atoms with E-state index in [2.05, 4.69) is 15.2 Å². The van der Waals surface area contributed by atoms with Crippen LogP contribution >= 0.6 is 23.1 Å². The van der Waals surface area contributed by atoms with E-state index in [1.54, 1.807) is 25.6 Å². The van der Waals surface area contributed by atoms with Gasteiger partial charge in [0.25, 0.3) is 5.22 Å². The molecule has 0 unspecified atom stereocenters. The van der Waals surface area contributed by atoms with Crippen molar-refractivity contribution in [1.82, 2.24) is 15.2 Å². The van der Waals surface area contributed by atoms with E-state index in [1.165, 1.54) is 11.8 Å². The monoisotopic (exact) mass is 411 g/mol. The molecule has 2 aromatic heterocycles. The normalized spacial score (nSPS) is 10.8. The Bertz CT molecular complexity index is 958. The quantitative estimate of drug-likeness (QED) is 0.389. The number of thiazole rings is 1. The topological polar surface area (TPSA) is 70.3 Å². The molecule has 0 aliphatic carbocycles. The number of nitrogens with zero attached hydrogens (tertiary/aromatic N) is 3. The van der Waals surface area contributed by atoms with Crippen LogP contribution in [0.25, 0.3) is 22.0 Å². The standard InChI is InChI=1S/C20H17N3O3S2/c1-24-16-7-3-13(4-8-16)18-22-23-20(26-18)28-12-15-11-27-19(21-15)14-5-9-17(25-2)10-6-14/h3-11H,12H2,1-2H3. The summed E-state index contributed by atoms with van der Waals surface area (Å²) >= 11 is 3.08. The van der Waals surface area contributed by atoms with Gasteiger partial charge in [0.1, 0.15) is 16.5 Å². The zero-order chi connectivity index (χ0) is 19.3. The number of aromatic nitrogens is 3. The lowest BCUT2D eigenvalue weighted by atomic mass is 10.2. The summed E-state index contributed by atoms with van der Waals surface area (Å²) in [4.78, 5) is 4.69. The Labute approximate surface area is 170 Å². The fourth-order valence-electron chi connectivity index (χ4n) is 2.49. The predicted octanol–water partition coefficient (Wildman–Crippen LogP) is 5.17. The van der Waals surface area contributed by atoms with Crippen molar-refractivity contribution in [3.63, 3.8) is 0 Å². The molecule has 0 radical (unpaired) electrons. The summed E-state index contributed by atoms with van der Waals surface area (Å²) < 4.78 is 16.1. The lowest BCUT2D eigenvalue weighted by Crippen LogP contribution is -1.84. The maximum absolute atomic E-state index is 5.74. The first-order valence-electron chi connectivity index (χ1n) is 8.45. The van der Waals surface area contributed by atoms with Crippen LogP contribution in [0.3, 0.4) is 0 Å². The van der Waals surface area contributed by atoms with Crippen LogP contribution < -0.4 is 9.47 Å². The van der Waals surface area contributed by atoms with Crippen molar-refractivity contribution in [3.8, 4) is 33.5 Å². The Kier molecular flexibility index (Phi) is 5.59. The zero-order valence-corrected chi connectivity index (χ0v) is 16.9. The van der Waals surface area contributed by atoms with E-state index in [0.717, 1.165) is 33.3 Å². The van der Waals surface area contributed by atoms with Crippen molar-refractivity contribution in [2.75, 3.05) is 14.2 Å². The average molecular weight is 412 g/mol. The number of hydrogen-bond donors (Lipinski definition) is 0. The molecule has 0 saturated carbocycles. The molecule has 4 aromatic rings. The van der Waals surface area contributed by atoms with Gasteiger partial charge in [-0.05, 0) is 48.5 Å². The molecule has 0 N–H and O–H groups in total. The van der Waals surface area contributed by atoms with Crippen molar-refractivity contribution in [2.45, 2.75) is 11.0 Å². The second-order valence-corrected chi connectivity index (χ2v) is 7.55. The first-order valence-corrected chi connectivity index (χ1v) is 10.3. The molecule has 0 saturated heterocycles. The van der Waals surface area contributed by atoms with E-state index >= 15 is 0 Å². The number of benzene rings is 2. The van der Waals surface area contributed by atoms with Gasteiger partial charge >= 0.3 is 0 Å². The van der Waals surface area contributed by atoms with Crippen LogP contribution in [-0.2, 0) is 5.75 Å². The highest BCUT2D eigenvalue weighted by atomic mass is 32.2. The highest BCUT2D eigenvalue weighted by Gasteiger charge is 2.11. The Morgan fingerprint density at radius 2 is 1.54 bits per heavy atom. The van der Waals surface area contributed by atoms with Gasteiger partial charge in [-0.25, -0.2) is 4.98 Å². The highest BCUT2D eigenvalue weighted by molar-refractivity contribution is 7.98. The summed E-state index contributed by atoms with van der Waals surface area (Å²) in [5.74, 6) is 2.77. The second-order valence-electron chi connectivity index (χ2n) is 5.76. The molecule has 142 valence electrons. The number of ether oxygens (including phenoxy) is 2. The summed E-state index contributed by atoms with van der Waals surface area (Å²) in [7, 11) is 3.29. The van der Waals surface area contributed by atoms with Crippen LogP contribution in [0.15, 0.2) is 63.6 Å². The Morgan fingerprint density at radius 3 is 2.18 bits per heavy atom. The van der Waals surface area contributed by atoms with Gasteiger partial charge in [0.05, 0.1) is 19.9 Å². The third-order valence-electron chi connectivity index (χ3n) is 3.98. The summed E-state index contributed by atoms with van der Waals surface area (Å²) in [5.41, 5.74) is 2.90. The summed E-state index contributed by atoms with van der Waals surface area (Å²) in [6.07, 6.45) is 0. The van der Waals surface area contributed by atoms with Crippen molar-refractivity contribution in [3.05, 3.63) is 59.6 Å². The maximum atomic E-state index is 5.74. The van der Waals surface area contributed by atoms with Gasteiger partial charge in [0, 0.05) is 22.3 Å². The van der Waals surface area contributed by atoms with Gasteiger partial charge in [0.15, 0.2) is 0 Å². The van der Waals surface area contributed by atoms with Crippen molar-refractivity contribution < 1.29 is 13.9 Å². The minimum atomic E-state index is 0.488. The van der Waals surface area contributed by atoms with Crippen LogP contribution in [0.5, 0.6) is 11.5 Å². The predicted molar refractivity (Wildman–Crippen MR) is 110 cm³/mol. The molecule has 28 heavy (non-hydrogen) atoms. The van der Waals surface area contributed by atoms with E-state index in [4.69, 9.17) is 13.9 Å². The van der Waals surface area contributed by atoms with Gasteiger partial charge in [0.2, 0.25) is 5.89 Å². The molecular formula is C20H17N3O3S2. The van der Waals surface area contributed by atoms with Gasteiger partial charge in [-0.15, -0.1) is 21.5 Å². The van der Waals surface area contributed by atoms with Gasteiger partial charge in [-0.2, -0.15) is 0 Å². The smallest absolute Gasteiger partial charge is 0.277 e. The van der Waals surface area contributed by atoms with E-state index < -0.39 is 0 Å². The van der Waals surface area contributed by atoms with E-state index in [0.29, 0.717) is 16.9 Å². The lowest BCUT2D eigenvalue weighted by Gasteiger charge is -2.00. The van der Waals surface area contributed by atoms with E-state index in [-0.39, 0.29) is 0 Å². The Morgan fingerprint density at radius 1 is 0.893 bits per heavy atom. The largest absolute Gasteiger partial charge is 0.497 e. The number of methoxy groups -OCH3 is 2. The van der Waals surface area contributed by atoms with Crippen LogP contribution in [0.4, 0.5) is 0 Å². The number of thioether (sulfide) groups is 1. The molecule has 0 aliphatic heterocycles. The summed E-state index contributed by atoms with van der Waals surface area (Å²) in [5, 5.41) is 11.8. The number of hydrogen-bond acceptors (Lipinski definition) is 8. The molecule has 4 rings (SSSR count). The lowest BCUT2D eigenvalue weighted by molar-refractivity contribution is 0.414. The Hall–Kier alpha value is -2.84. The van der Waals surface area contributed by atoms with E-state index in [9.17, 15) is 0 Å². The van der Waals surface area contributed by atoms with Crippen LogP contribution in [0.1, 0.15) is 5.69 Å². The fourth-order valence-corrected chi connectivity index (χ4v) is 4.08.